The highest BCUT2D eigenvalue weighted by Gasteiger charge is 2.35. The van der Waals surface area contributed by atoms with Crippen molar-refractivity contribution >= 4 is 6.09 Å². The molecule has 1 fully saturated rings. The summed E-state index contributed by atoms with van der Waals surface area (Å²) in [5.41, 5.74) is 2.46. The van der Waals surface area contributed by atoms with Crippen molar-refractivity contribution in [2.75, 3.05) is 13.1 Å². The van der Waals surface area contributed by atoms with Crippen molar-refractivity contribution in [1.29, 1.82) is 0 Å². The monoisotopic (exact) mass is 288 g/mol. The molecule has 4 heteroatoms. The van der Waals surface area contributed by atoms with Gasteiger partial charge in [0.25, 0.3) is 0 Å². The molecule has 1 atom stereocenters. The first-order valence-electron chi connectivity index (χ1n) is 7.74. The molecule has 1 N–H and O–H groups in total. The van der Waals surface area contributed by atoms with Gasteiger partial charge in [0.05, 0.1) is 0 Å². The lowest BCUT2D eigenvalue weighted by atomic mass is 10.0. The molecule has 1 aromatic rings. The number of amides is 1. The van der Waals surface area contributed by atoms with Gasteiger partial charge in [0.1, 0.15) is 5.60 Å². The topological polar surface area (TPSA) is 41.6 Å². The third kappa shape index (κ3) is 3.21. The van der Waals surface area contributed by atoms with Crippen LogP contribution in [0.3, 0.4) is 0 Å². The number of benzene rings is 1. The van der Waals surface area contributed by atoms with E-state index in [1.165, 1.54) is 11.1 Å². The van der Waals surface area contributed by atoms with E-state index in [0.29, 0.717) is 12.1 Å². The van der Waals surface area contributed by atoms with Crippen LogP contribution in [-0.4, -0.2) is 35.7 Å². The zero-order chi connectivity index (χ0) is 15.0. The predicted octanol–water partition coefficient (Wildman–Crippen LogP) is 2.88. The third-order valence-electron chi connectivity index (χ3n) is 4.10. The average Bonchev–Trinajstić information content (AvgIpc) is 2.74. The van der Waals surface area contributed by atoms with Gasteiger partial charge in [-0.05, 0) is 44.7 Å². The second-order valence-electron chi connectivity index (χ2n) is 7.04. The van der Waals surface area contributed by atoms with Gasteiger partial charge in [-0.1, -0.05) is 24.3 Å². The van der Waals surface area contributed by atoms with Gasteiger partial charge < -0.3 is 15.0 Å². The minimum atomic E-state index is -0.417. The van der Waals surface area contributed by atoms with Crippen LogP contribution in [0, 0.1) is 0 Å². The van der Waals surface area contributed by atoms with Gasteiger partial charge in [0.15, 0.2) is 0 Å². The second kappa shape index (κ2) is 5.34. The molecule has 4 nitrogen and oxygen atoms in total. The Balaban J connectivity index is 1.49. The van der Waals surface area contributed by atoms with E-state index in [1.807, 2.05) is 20.8 Å². The molecule has 1 unspecified atom stereocenters. The Morgan fingerprint density at radius 2 is 2.00 bits per heavy atom. The van der Waals surface area contributed by atoms with E-state index in [2.05, 4.69) is 29.6 Å². The summed E-state index contributed by atoms with van der Waals surface area (Å²) < 4.78 is 5.38. The van der Waals surface area contributed by atoms with Gasteiger partial charge in [-0.2, -0.15) is 0 Å². The average molecular weight is 288 g/mol. The summed E-state index contributed by atoms with van der Waals surface area (Å²) in [6, 6.07) is 9.46. The molecule has 114 valence electrons. The number of hydrogen-bond acceptors (Lipinski definition) is 3. The molecule has 0 spiro atoms. The smallest absolute Gasteiger partial charge is 0.410 e. The Morgan fingerprint density at radius 1 is 1.29 bits per heavy atom. The summed E-state index contributed by atoms with van der Waals surface area (Å²) in [6.45, 7) is 7.18. The van der Waals surface area contributed by atoms with E-state index >= 15 is 0 Å². The Labute approximate surface area is 126 Å². The van der Waals surface area contributed by atoms with Gasteiger partial charge in [-0.15, -0.1) is 0 Å². The molecule has 1 aliphatic heterocycles. The normalized spacial score (nSPS) is 21.9. The van der Waals surface area contributed by atoms with E-state index in [0.717, 1.165) is 25.9 Å². The van der Waals surface area contributed by atoms with E-state index in [4.69, 9.17) is 4.74 Å². The van der Waals surface area contributed by atoms with Gasteiger partial charge >= 0.3 is 6.09 Å². The van der Waals surface area contributed by atoms with Crippen LogP contribution in [-0.2, 0) is 11.2 Å². The molecular formula is C17H24N2O2. The van der Waals surface area contributed by atoms with Crippen LogP contribution >= 0.6 is 0 Å². The summed E-state index contributed by atoms with van der Waals surface area (Å²) in [4.78, 5) is 13.7. The van der Waals surface area contributed by atoms with Crippen molar-refractivity contribution in [2.24, 2.45) is 0 Å². The number of ether oxygens (including phenoxy) is 1. The summed E-state index contributed by atoms with van der Waals surface area (Å²) >= 11 is 0. The summed E-state index contributed by atoms with van der Waals surface area (Å²) in [7, 11) is 0. The summed E-state index contributed by atoms with van der Waals surface area (Å²) in [6.07, 6.45) is 2.10. The molecule has 1 heterocycles. The van der Waals surface area contributed by atoms with E-state index in [9.17, 15) is 4.79 Å². The van der Waals surface area contributed by atoms with Crippen molar-refractivity contribution in [3.63, 3.8) is 0 Å². The van der Waals surface area contributed by atoms with Gasteiger partial charge in [-0.25, -0.2) is 4.79 Å². The lowest BCUT2D eigenvalue weighted by Crippen LogP contribution is -2.60. The molecule has 21 heavy (non-hydrogen) atoms. The Morgan fingerprint density at radius 3 is 2.71 bits per heavy atom. The minimum Gasteiger partial charge on any atom is -0.444 e. The first-order valence-corrected chi connectivity index (χ1v) is 7.74. The molecule has 0 bridgehead atoms. The maximum atomic E-state index is 11.9. The van der Waals surface area contributed by atoms with Crippen LogP contribution in [0.4, 0.5) is 4.79 Å². The number of likely N-dealkylation sites (tertiary alicyclic amines) is 1. The van der Waals surface area contributed by atoms with Crippen LogP contribution in [0.15, 0.2) is 24.3 Å². The third-order valence-corrected chi connectivity index (χ3v) is 4.10. The van der Waals surface area contributed by atoms with Crippen molar-refractivity contribution in [3.05, 3.63) is 35.4 Å². The lowest BCUT2D eigenvalue weighted by Gasteiger charge is -2.41. The van der Waals surface area contributed by atoms with Crippen molar-refractivity contribution < 1.29 is 9.53 Å². The molecule has 3 rings (SSSR count). The van der Waals surface area contributed by atoms with Crippen molar-refractivity contribution in [2.45, 2.75) is 51.3 Å². The Bertz CT molecular complexity index is 530. The van der Waals surface area contributed by atoms with Gasteiger partial charge in [0.2, 0.25) is 0 Å². The molecule has 2 aliphatic rings. The number of rotatable bonds is 2. The standard InChI is InChI=1S/C17H24N2O2/c1-17(2,3)21-16(20)19-10-13(11-19)18-15-9-8-12-6-4-5-7-14(12)15/h4-7,13,15,18H,8-11H2,1-3H3. The molecule has 0 radical (unpaired) electrons. The largest absolute Gasteiger partial charge is 0.444 e. The fraction of sp³-hybridized carbons (Fsp3) is 0.588. The molecule has 1 saturated heterocycles. The van der Waals surface area contributed by atoms with Crippen molar-refractivity contribution in [1.82, 2.24) is 10.2 Å². The zero-order valence-corrected chi connectivity index (χ0v) is 13.1. The van der Waals surface area contributed by atoms with E-state index in [-0.39, 0.29) is 6.09 Å². The van der Waals surface area contributed by atoms with Gasteiger partial charge in [0, 0.05) is 25.2 Å². The maximum absolute atomic E-state index is 11.9. The number of nitrogens with one attached hydrogen (secondary N) is 1. The molecular weight excluding hydrogens is 264 g/mol. The molecule has 1 aromatic carbocycles. The first-order chi connectivity index (χ1) is 9.92. The van der Waals surface area contributed by atoms with Gasteiger partial charge in [-0.3, -0.25) is 0 Å². The van der Waals surface area contributed by atoms with E-state index in [1.54, 1.807) is 4.90 Å². The van der Waals surface area contributed by atoms with Crippen molar-refractivity contribution in [3.8, 4) is 0 Å². The van der Waals surface area contributed by atoms with Crippen LogP contribution in [0.25, 0.3) is 0 Å². The molecule has 0 saturated carbocycles. The highest BCUT2D eigenvalue weighted by molar-refractivity contribution is 5.69. The van der Waals surface area contributed by atoms with Crippen LogP contribution in [0.5, 0.6) is 0 Å². The highest BCUT2D eigenvalue weighted by atomic mass is 16.6. The van der Waals surface area contributed by atoms with E-state index < -0.39 is 5.60 Å². The lowest BCUT2D eigenvalue weighted by molar-refractivity contribution is 0.00415. The highest BCUT2D eigenvalue weighted by Crippen LogP contribution is 2.31. The number of fused-ring (bicyclic) bond motifs is 1. The van der Waals surface area contributed by atoms with Crippen LogP contribution in [0.1, 0.15) is 44.4 Å². The molecule has 0 aromatic heterocycles. The fourth-order valence-electron chi connectivity index (χ4n) is 3.07. The number of aryl methyl sites for hydroxylation is 1. The van der Waals surface area contributed by atoms with Crippen LogP contribution in [0.2, 0.25) is 0 Å². The minimum absolute atomic E-state index is 0.202. The van der Waals surface area contributed by atoms with Crippen LogP contribution < -0.4 is 5.32 Å². The quantitative estimate of drug-likeness (QED) is 0.910. The second-order valence-corrected chi connectivity index (χ2v) is 7.04. The number of carbonyl (C=O) groups is 1. The Hall–Kier alpha value is -1.55. The zero-order valence-electron chi connectivity index (χ0n) is 13.1. The number of carbonyl (C=O) groups excluding carboxylic acids is 1. The predicted molar refractivity (Wildman–Crippen MR) is 82.2 cm³/mol. The Kier molecular flexibility index (Phi) is 3.66. The maximum Gasteiger partial charge on any atom is 0.410 e. The molecule has 1 aliphatic carbocycles. The summed E-state index contributed by atoms with van der Waals surface area (Å²) in [5.74, 6) is 0. The first kappa shape index (κ1) is 14.4. The summed E-state index contributed by atoms with van der Waals surface area (Å²) in [5, 5.41) is 3.67. The SMILES string of the molecule is CC(C)(C)OC(=O)N1CC(NC2CCc3ccccc32)C1. The number of hydrogen-bond donors (Lipinski definition) is 1. The molecule has 1 amide bonds. The number of nitrogens with zero attached hydrogens (tertiary/aromatic N) is 1. The fourth-order valence-corrected chi connectivity index (χ4v) is 3.07.